The van der Waals surface area contributed by atoms with Gasteiger partial charge in [0.25, 0.3) is 5.24 Å². The van der Waals surface area contributed by atoms with Crippen LogP contribution >= 0.6 is 11.8 Å². The molecule has 1 aromatic rings. The molecule has 1 heterocycles. The molecule has 1 aromatic carbocycles. The number of hydrogen-bond acceptors (Lipinski definition) is 3. The third-order valence-electron chi connectivity index (χ3n) is 1.79. The Labute approximate surface area is 85.7 Å². The van der Waals surface area contributed by atoms with Gasteiger partial charge in [0, 0.05) is 0 Å². The first-order valence-corrected chi connectivity index (χ1v) is 4.92. The van der Waals surface area contributed by atoms with E-state index in [2.05, 4.69) is 5.32 Å². The molecule has 1 amide bonds. The highest BCUT2D eigenvalue weighted by atomic mass is 32.2. The molecule has 1 aliphatic heterocycles. The summed E-state index contributed by atoms with van der Waals surface area (Å²) in [6, 6.07) is 9.61. The SMILES string of the molecule is N=C1SC(=O)NC1=Cc1ccccc1. The van der Waals surface area contributed by atoms with Crippen LogP contribution in [0.1, 0.15) is 5.56 Å². The third kappa shape index (κ3) is 1.85. The number of rotatable bonds is 1. The Morgan fingerprint density at radius 1 is 1.29 bits per heavy atom. The van der Waals surface area contributed by atoms with Crippen LogP contribution in [0.4, 0.5) is 4.79 Å². The van der Waals surface area contributed by atoms with Gasteiger partial charge in [-0.1, -0.05) is 30.3 Å². The van der Waals surface area contributed by atoms with Crippen LogP contribution in [0.2, 0.25) is 0 Å². The lowest BCUT2D eigenvalue weighted by molar-refractivity contribution is 0.263. The molecule has 1 fully saturated rings. The lowest BCUT2D eigenvalue weighted by Gasteiger charge is -1.96. The Hall–Kier alpha value is -1.55. The highest BCUT2D eigenvalue weighted by molar-refractivity contribution is 8.27. The Balaban J connectivity index is 2.28. The topological polar surface area (TPSA) is 53.0 Å². The van der Waals surface area contributed by atoms with Crippen molar-refractivity contribution in [2.75, 3.05) is 0 Å². The molecule has 1 saturated heterocycles. The second-order valence-electron chi connectivity index (χ2n) is 2.81. The van der Waals surface area contributed by atoms with Crippen LogP contribution in [0.3, 0.4) is 0 Å². The average molecular weight is 204 g/mol. The van der Waals surface area contributed by atoms with Crippen molar-refractivity contribution in [2.24, 2.45) is 0 Å². The number of nitrogens with one attached hydrogen (secondary N) is 2. The second kappa shape index (κ2) is 3.67. The zero-order valence-corrected chi connectivity index (χ0v) is 8.10. The predicted molar refractivity (Wildman–Crippen MR) is 58.3 cm³/mol. The van der Waals surface area contributed by atoms with Gasteiger partial charge in [-0.2, -0.15) is 0 Å². The van der Waals surface area contributed by atoms with Gasteiger partial charge < -0.3 is 5.32 Å². The van der Waals surface area contributed by atoms with Crippen LogP contribution in [0.15, 0.2) is 36.0 Å². The number of benzene rings is 1. The molecular weight excluding hydrogens is 196 g/mol. The normalized spacial score (nSPS) is 18.7. The zero-order valence-electron chi connectivity index (χ0n) is 7.28. The number of carbonyl (C=O) groups is 1. The summed E-state index contributed by atoms with van der Waals surface area (Å²) in [7, 11) is 0. The second-order valence-corrected chi connectivity index (χ2v) is 3.80. The summed E-state index contributed by atoms with van der Waals surface area (Å²) < 4.78 is 0. The van der Waals surface area contributed by atoms with E-state index in [-0.39, 0.29) is 10.3 Å². The van der Waals surface area contributed by atoms with Crippen LogP contribution in [0.25, 0.3) is 6.08 Å². The Morgan fingerprint density at radius 2 is 2.00 bits per heavy atom. The molecule has 0 atom stereocenters. The highest BCUT2D eigenvalue weighted by Gasteiger charge is 2.21. The van der Waals surface area contributed by atoms with Crippen LogP contribution < -0.4 is 5.32 Å². The summed E-state index contributed by atoms with van der Waals surface area (Å²) in [5.41, 5.74) is 1.56. The maximum Gasteiger partial charge on any atom is 0.289 e. The minimum absolute atomic E-state index is 0.183. The minimum atomic E-state index is -0.183. The van der Waals surface area contributed by atoms with Crippen molar-refractivity contribution in [3.8, 4) is 0 Å². The minimum Gasteiger partial charge on any atom is -0.314 e. The van der Waals surface area contributed by atoms with E-state index in [4.69, 9.17) is 5.41 Å². The first-order chi connectivity index (χ1) is 6.75. The fourth-order valence-electron chi connectivity index (χ4n) is 1.16. The molecule has 0 bridgehead atoms. The molecule has 0 saturated carbocycles. The molecule has 0 aliphatic carbocycles. The van der Waals surface area contributed by atoms with Gasteiger partial charge in [0.2, 0.25) is 0 Å². The smallest absolute Gasteiger partial charge is 0.289 e. The fraction of sp³-hybridized carbons (Fsp3) is 0. The van der Waals surface area contributed by atoms with Crippen molar-refractivity contribution in [2.45, 2.75) is 0 Å². The van der Waals surface area contributed by atoms with Crippen molar-refractivity contribution >= 4 is 28.1 Å². The summed E-state index contributed by atoms with van der Waals surface area (Å²) in [5, 5.41) is 10.2. The number of carbonyl (C=O) groups excluding carboxylic acids is 1. The van der Waals surface area contributed by atoms with E-state index >= 15 is 0 Å². The maximum absolute atomic E-state index is 10.9. The van der Waals surface area contributed by atoms with E-state index in [9.17, 15) is 4.79 Å². The molecule has 0 unspecified atom stereocenters. The van der Waals surface area contributed by atoms with Crippen LogP contribution in [0, 0.1) is 5.41 Å². The van der Waals surface area contributed by atoms with Gasteiger partial charge >= 0.3 is 0 Å². The molecule has 2 N–H and O–H groups in total. The monoisotopic (exact) mass is 204 g/mol. The van der Waals surface area contributed by atoms with E-state index in [1.54, 1.807) is 6.08 Å². The van der Waals surface area contributed by atoms with Gasteiger partial charge in [0.05, 0.1) is 5.70 Å². The van der Waals surface area contributed by atoms with E-state index in [1.165, 1.54) is 0 Å². The Kier molecular flexibility index (Phi) is 2.37. The van der Waals surface area contributed by atoms with Crippen LogP contribution in [0.5, 0.6) is 0 Å². The van der Waals surface area contributed by atoms with Crippen molar-refractivity contribution in [3.05, 3.63) is 41.6 Å². The molecule has 0 aromatic heterocycles. The van der Waals surface area contributed by atoms with E-state index < -0.39 is 0 Å². The fourth-order valence-corrected chi connectivity index (χ4v) is 1.72. The van der Waals surface area contributed by atoms with Gasteiger partial charge in [-0.3, -0.25) is 10.2 Å². The van der Waals surface area contributed by atoms with Crippen molar-refractivity contribution in [1.29, 1.82) is 5.41 Å². The Morgan fingerprint density at radius 3 is 2.57 bits per heavy atom. The summed E-state index contributed by atoms with van der Waals surface area (Å²) >= 11 is 0.913. The molecule has 14 heavy (non-hydrogen) atoms. The van der Waals surface area contributed by atoms with Gasteiger partial charge in [-0.25, -0.2) is 0 Å². The molecule has 70 valence electrons. The molecule has 4 heteroatoms. The zero-order chi connectivity index (χ0) is 9.97. The van der Waals surface area contributed by atoms with Crippen molar-refractivity contribution < 1.29 is 4.79 Å². The standard InChI is InChI=1S/C10H8N2OS/c11-9-8(12-10(13)14-9)6-7-4-2-1-3-5-7/h1-6,11H,(H,12,13). The van der Waals surface area contributed by atoms with Crippen LogP contribution in [-0.4, -0.2) is 10.3 Å². The van der Waals surface area contributed by atoms with Gasteiger partial charge in [0.15, 0.2) is 0 Å². The largest absolute Gasteiger partial charge is 0.314 e. The summed E-state index contributed by atoms with van der Waals surface area (Å²) in [6.45, 7) is 0. The van der Waals surface area contributed by atoms with Gasteiger partial charge in [0.1, 0.15) is 5.04 Å². The van der Waals surface area contributed by atoms with Gasteiger partial charge in [-0.15, -0.1) is 0 Å². The van der Waals surface area contributed by atoms with Crippen molar-refractivity contribution in [3.63, 3.8) is 0 Å². The maximum atomic E-state index is 10.9. The first-order valence-electron chi connectivity index (χ1n) is 4.10. The van der Waals surface area contributed by atoms with Gasteiger partial charge in [-0.05, 0) is 23.4 Å². The number of thioether (sulfide) groups is 1. The average Bonchev–Trinajstić information content (AvgIpc) is 2.47. The lowest BCUT2D eigenvalue weighted by Crippen LogP contribution is -2.09. The highest BCUT2D eigenvalue weighted by Crippen LogP contribution is 2.20. The number of hydrogen-bond donors (Lipinski definition) is 2. The molecular formula is C10H8N2OS. The summed E-state index contributed by atoms with van der Waals surface area (Å²) in [5.74, 6) is 0. The predicted octanol–water partition coefficient (Wildman–Crippen LogP) is 2.46. The summed E-state index contributed by atoms with van der Waals surface area (Å²) in [4.78, 5) is 10.9. The first kappa shape index (κ1) is 9.02. The third-order valence-corrected chi connectivity index (χ3v) is 2.50. The molecule has 0 spiro atoms. The van der Waals surface area contributed by atoms with Crippen molar-refractivity contribution in [1.82, 2.24) is 5.32 Å². The molecule has 2 rings (SSSR count). The Bertz CT molecular complexity index is 411. The number of amides is 1. The molecule has 0 radical (unpaired) electrons. The summed E-state index contributed by atoms with van der Waals surface area (Å²) in [6.07, 6.45) is 1.79. The lowest BCUT2D eigenvalue weighted by atomic mass is 10.2. The molecule has 1 aliphatic rings. The van der Waals surface area contributed by atoms with E-state index in [1.807, 2.05) is 30.3 Å². The van der Waals surface area contributed by atoms with E-state index in [0.717, 1.165) is 17.3 Å². The van der Waals surface area contributed by atoms with Crippen LogP contribution in [-0.2, 0) is 0 Å². The molecule has 3 nitrogen and oxygen atoms in total. The van der Waals surface area contributed by atoms with E-state index in [0.29, 0.717) is 5.70 Å². The quantitative estimate of drug-likeness (QED) is 0.738.